The zero-order valence-corrected chi connectivity index (χ0v) is 9.45. The highest BCUT2D eigenvalue weighted by Crippen LogP contribution is 2.21. The molecule has 2 aromatic heterocycles. The lowest BCUT2D eigenvalue weighted by Crippen LogP contribution is -2.02. The topological polar surface area (TPSA) is 79.6 Å². The van der Waals surface area contributed by atoms with Crippen LogP contribution in [0.4, 0.5) is 11.5 Å². The number of nitrogen functional groups attached to an aromatic ring is 1. The summed E-state index contributed by atoms with van der Waals surface area (Å²) in [5.74, 6) is 0.763. The van der Waals surface area contributed by atoms with Crippen LogP contribution in [-0.2, 0) is 6.54 Å². The van der Waals surface area contributed by atoms with Crippen LogP contribution in [-0.4, -0.2) is 15.0 Å². The van der Waals surface area contributed by atoms with E-state index in [1.807, 2.05) is 6.07 Å². The molecule has 0 aromatic carbocycles. The van der Waals surface area contributed by atoms with Gasteiger partial charge in [-0.25, -0.2) is 9.97 Å². The van der Waals surface area contributed by atoms with E-state index < -0.39 is 0 Å². The van der Waals surface area contributed by atoms with Gasteiger partial charge in [0.2, 0.25) is 0 Å². The van der Waals surface area contributed by atoms with Crippen molar-refractivity contribution in [3.63, 3.8) is 0 Å². The Balaban J connectivity index is 2.05. The largest absolute Gasteiger partial charge is 0.397 e. The third-order valence-electron chi connectivity index (χ3n) is 1.86. The zero-order chi connectivity index (χ0) is 10.7. The average Bonchev–Trinajstić information content (AvgIpc) is 2.69. The molecule has 2 rings (SSSR count). The van der Waals surface area contributed by atoms with Crippen LogP contribution in [0.25, 0.3) is 0 Å². The van der Waals surface area contributed by atoms with E-state index in [2.05, 4.69) is 36.2 Å². The fraction of sp³-hybridized carbons (Fsp3) is 0.111. The van der Waals surface area contributed by atoms with Gasteiger partial charge in [0.05, 0.1) is 34.9 Å². The van der Waals surface area contributed by atoms with Gasteiger partial charge >= 0.3 is 0 Å². The fourth-order valence-electron chi connectivity index (χ4n) is 1.14. The molecule has 15 heavy (non-hydrogen) atoms. The van der Waals surface area contributed by atoms with Crippen LogP contribution in [0, 0.1) is 0 Å². The first-order chi connectivity index (χ1) is 7.25. The van der Waals surface area contributed by atoms with Gasteiger partial charge in [-0.2, -0.15) is 0 Å². The number of aromatic amines is 1. The number of rotatable bonds is 3. The molecule has 0 spiro atoms. The Labute approximate surface area is 95.3 Å². The molecule has 0 saturated carbocycles. The molecule has 0 saturated heterocycles. The van der Waals surface area contributed by atoms with Crippen molar-refractivity contribution in [3.8, 4) is 0 Å². The summed E-state index contributed by atoms with van der Waals surface area (Å²) in [4.78, 5) is 11.1. The third kappa shape index (κ3) is 2.47. The van der Waals surface area contributed by atoms with Crippen LogP contribution in [0.2, 0.25) is 0 Å². The second-order valence-corrected chi connectivity index (χ2v) is 3.88. The number of nitrogens with one attached hydrogen (secondary N) is 2. The average molecular weight is 268 g/mol. The zero-order valence-electron chi connectivity index (χ0n) is 7.87. The molecule has 0 unspecified atom stereocenters. The number of anilines is 2. The van der Waals surface area contributed by atoms with Gasteiger partial charge in [-0.1, -0.05) is 0 Å². The van der Waals surface area contributed by atoms with E-state index in [0.29, 0.717) is 12.2 Å². The molecule has 78 valence electrons. The minimum atomic E-state index is 0.633. The number of halogens is 1. The molecule has 0 aliphatic heterocycles. The Morgan fingerprint density at radius 3 is 3.00 bits per heavy atom. The standard InChI is InChI=1S/C9H10BrN5/c10-8-1-6(11)2-13-9(8)14-4-7-3-12-5-15-7/h1-3,5H,4,11H2,(H,12,15)(H,13,14). The van der Waals surface area contributed by atoms with Crippen molar-refractivity contribution >= 4 is 27.4 Å². The van der Waals surface area contributed by atoms with Crippen molar-refractivity contribution in [1.29, 1.82) is 0 Å². The van der Waals surface area contributed by atoms with Gasteiger partial charge in [-0.05, 0) is 22.0 Å². The number of nitrogens with zero attached hydrogens (tertiary/aromatic N) is 2. The number of pyridine rings is 1. The highest BCUT2D eigenvalue weighted by molar-refractivity contribution is 9.10. The van der Waals surface area contributed by atoms with Crippen LogP contribution >= 0.6 is 15.9 Å². The first-order valence-corrected chi connectivity index (χ1v) is 5.17. The van der Waals surface area contributed by atoms with E-state index in [1.165, 1.54) is 0 Å². The minimum absolute atomic E-state index is 0.633. The van der Waals surface area contributed by atoms with E-state index in [0.717, 1.165) is 16.0 Å². The van der Waals surface area contributed by atoms with E-state index >= 15 is 0 Å². The van der Waals surface area contributed by atoms with Crippen molar-refractivity contribution in [3.05, 3.63) is 35.0 Å². The molecule has 0 fully saturated rings. The van der Waals surface area contributed by atoms with Crippen molar-refractivity contribution in [2.24, 2.45) is 0 Å². The highest BCUT2D eigenvalue weighted by atomic mass is 79.9. The maximum atomic E-state index is 5.58. The quantitative estimate of drug-likeness (QED) is 0.792. The summed E-state index contributed by atoms with van der Waals surface area (Å²) in [5.41, 5.74) is 7.22. The van der Waals surface area contributed by atoms with Gasteiger partial charge in [0.25, 0.3) is 0 Å². The Morgan fingerprint density at radius 1 is 1.47 bits per heavy atom. The van der Waals surface area contributed by atoms with Crippen molar-refractivity contribution in [2.75, 3.05) is 11.1 Å². The van der Waals surface area contributed by atoms with Gasteiger partial charge in [0, 0.05) is 6.20 Å². The molecule has 0 bridgehead atoms. The lowest BCUT2D eigenvalue weighted by Gasteiger charge is -2.06. The lowest BCUT2D eigenvalue weighted by molar-refractivity contribution is 1.05. The van der Waals surface area contributed by atoms with Gasteiger partial charge < -0.3 is 16.0 Å². The van der Waals surface area contributed by atoms with E-state index in [4.69, 9.17) is 5.73 Å². The molecule has 0 radical (unpaired) electrons. The SMILES string of the molecule is Nc1cnc(NCc2cnc[nH]2)c(Br)c1. The summed E-state index contributed by atoms with van der Waals surface area (Å²) in [7, 11) is 0. The molecule has 0 atom stereocenters. The van der Waals surface area contributed by atoms with Crippen LogP contribution < -0.4 is 11.1 Å². The predicted octanol–water partition coefficient (Wildman–Crippen LogP) is 1.76. The molecule has 0 aliphatic rings. The number of hydrogen-bond acceptors (Lipinski definition) is 4. The number of nitrogens with two attached hydrogens (primary N) is 1. The van der Waals surface area contributed by atoms with Crippen molar-refractivity contribution in [1.82, 2.24) is 15.0 Å². The molecule has 2 heterocycles. The Hall–Kier alpha value is -1.56. The summed E-state index contributed by atoms with van der Waals surface area (Å²) in [6.45, 7) is 0.648. The van der Waals surface area contributed by atoms with Crippen LogP contribution in [0.1, 0.15) is 5.69 Å². The van der Waals surface area contributed by atoms with E-state index in [-0.39, 0.29) is 0 Å². The van der Waals surface area contributed by atoms with Gasteiger partial charge in [-0.3, -0.25) is 0 Å². The predicted molar refractivity (Wildman–Crippen MR) is 62.3 cm³/mol. The van der Waals surface area contributed by atoms with Crippen LogP contribution in [0.15, 0.2) is 29.3 Å². The number of hydrogen-bond donors (Lipinski definition) is 3. The van der Waals surface area contributed by atoms with Gasteiger partial charge in [-0.15, -0.1) is 0 Å². The van der Waals surface area contributed by atoms with Crippen LogP contribution in [0.3, 0.4) is 0 Å². The second kappa shape index (κ2) is 4.31. The molecule has 6 heteroatoms. The third-order valence-corrected chi connectivity index (χ3v) is 2.47. The Kier molecular flexibility index (Phi) is 2.86. The summed E-state index contributed by atoms with van der Waals surface area (Å²) >= 11 is 3.38. The minimum Gasteiger partial charge on any atom is -0.397 e. The maximum Gasteiger partial charge on any atom is 0.140 e. The van der Waals surface area contributed by atoms with E-state index in [9.17, 15) is 0 Å². The summed E-state index contributed by atoms with van der Waals surface area (Å²) in [6, 6.07) is 1.81. The van der Waals surface area contributed by atoms with Gasteiger partial charge in [0.15, 0.2) is 0 Å². The molecular weight excluding hydrogens is 258 g/mol. The smallest absolute Gasteiger partial charge is 0.140 e. The summed E-state index contributed by atoms with van der Waals surface area (Å²) in [6.07, 6.45) is 5.01. The first kappa shape index (κ1) is 9.97. The van der Waals surface area contributed by atoms with Crippen molar-refractivity contribution < 1.29 is 0 Å². The molecular formula is C9H10BrN5. The van der Waals surface area contributed by atoms with Crippen LogP contribution in [0.5, 0.6) is 0 Å². The number of H-pyrrole nitrogens is 1. The molecule has 0 aliphatic carbocycles. The molecule has 2 aromatic rings. The number of aromatic nitrogens is 3. The van der Waals surface area contributed by atoms with E-state index in [1.54, 1.807) is 18.7 Å². The summed E-state index contributed by atoms with van der Waals surface area (Å²) < 4.78 is 0.849. The Morgan fingerprint density at radius 2 is 2.33 bits per heavy atom. The molecule has 0 amide bonds. The monoisotopic (exact) mass is 267 g/mol. The number of imidazole rings is 1. The molecule has 4 N–H and O–H groups in total. The molecule has 5 nitrogen and oxygen atoms in total. The normalized spacial score (nSPS) is 10.2. The summed E-state index contributed by atoms with van der Waals surface area (Å²) in [5, 5.41) is 3.16. The van der Waals surface area contributed by atoms with Crippen molar-refractivity contribution in [2.45, 2.75) is 6.54 Å². The van der Waals surface area contributed by atoms with Gasteiger partial charge in [0.1, 0.15) is 5.82 Å². The fourth-order valence-corrected chi connectivity index (χ4v) is 1.65. The lowest BCUT2D eigenvalue weighted by atomic mass is 10.4. The maximum absolute atomic E-state index is 5.58. The second-order valence-electron chi connectivity index (χ2n) is 3.03. The highest BCUT2D eigenvalue weighted by Gasteiger charge is 2.01. The Bertz CT molecular complexity index is 440. The first-order valence-electron chi connectivity index (χ1n) is 4.38.